The van der Waals surface area contributed by atoms with E-state index in [9.17, 15) is 14.3 Å². The van der Waals surface area contributed by atoms with Crippen LogP contribution in [-0.4, -0.2) is 85.2 Å². The molecule has 2 saturated heterocycles. The van der Waals surface area contributed by atoms with Gasteiger partial charge in [0, 0.05) is 51.7 Å². The number of hydrogen-bond donors (Lipinski definition) is 1. The van der Waals surface area contributed by atoms with Crippen molar-refractivity contribution in [3.63, 3.8) is 0 Å². The van der Waals surface area contributed by atoms with E-state index in [1.807, 2.05) is 4.90 Å². The molecule has 0 radical (unpaired) electrons. The van der Waals surface area contributed by atoms with Gasteiger partial charge in [-0.15, -0.1) is 0 Å². The van der Waals surface area contributed by atoms with E-state index in [-0.39, 0.29) is 24.2 Å². The van der Waals surface area contributed by atoms with Crippen LogP contribution in [0.2, 0.25) is 0 Å². The lowest BCUT2D eigenvalue weighted by Crippen LogP contribution is -2.36. The second-order valence-electron chi connectivity index (χ2n) is 8.05. The Morgan fingerprint density at radius 2 is 1.93 bits per heavy atom. The number of aliphatic hydroxyl groups is 1. The summed E-state index contributed by atoms with van der Waals surface area (Å²) in [5.74, 6) is 0.276. The topological polar surface area (TPSA) is 47.0 Å². The third-order valence-corrected chi connectivity index (χ3v) is 6.03. The summed E-state index contributed by atoms with van der Waals surface area (Å²) in [4.78, 5) is 19.3. The SMILES string of the molecule is CN1CCCN(C[C@@H]2CN(C(=O)CCc3ccccc3F)C[C@@H]2CO)CC1. The predicted molar refractivity (Wildman–Crippen MR) is 104 cm³/mol. The third kappa shape index (κ3) is 5.50. The molecule has 0 spiro atoms. The first kappa shape index (κ1) is 20.2. The lowest BCUT2D eigenvalue weighted by atomic mass is 9.96. The van der Waals surface area contributed by atoms with Crippen molar-refractivity contribution in [3.8, 4) is 0 Å². The van der Waals surface area contributed by atoms with Crippen LogP contribution in [0.3, 0.4) is 0 Å². The van der Waals surface area contributed by atoms with Crippen molar-refractivity contribution in [2.24, 2.45) is 11.8 Å². The summed E-state index contributed by atoms with van der Waals surface area (Å²) in [7, 11) is 2.16. The molecule has 0 bridgehead atoms. The summed E-state index contributed by atoms with van der Waals surface area (Å²) < 4.78 is 13.8. The third-order valence-electron chi connectivity index (χ3n) is 6.03. The van der Waals surface area contributed by atoms with Crippen LogP contribution in [0.25, 0.3) is 0 Å². The predicted octanol–water partition coefficient (Wildman–Crippen LogP) is 1.46. The number of rotatable bonds is 6. The minimum Gasteiger partial charge on any atom is -0.396 e. The van der Waals surface area contributed by atoms with Gasteiger partial charge < -0.3 is 19.8 Å². The van der Waals surface area contributed by atoms with Gasteiger partial charge in [0.15, 0.2) is 0 Å². The Kier molecular flexibility index (Phi) is 7.21. The number of hydrogen-bond acceptors (Lipinski definition) is 4. The Labute approximate surface area is 161 Å². The van der Waals surface area contributed by atoms with Gasteiger partial charge in [-0.3, -0.25) is 4.79 Å². The van der Waals surface area contributed by atoms with Crippen LogP contribution in [0.1, 0.15) is 18.4 Å². The minimum absolute atomic E-state index is 0.0646. The van der Waals surface area contributed by atoms with Crippen molar-refractivity contribution in [2.45, 2.75) is 19.3 Å². The zero-order valence-corrected chi connectivity index (χ0v) is 16.3. The number of benzene rings is 1. The van der Waals surface area contributed by atoms with E-state index in [0.717, 1.165) is 39.1 Å². The van der Waals surface area contributed by atoms with Gasteiger partial charge in [-0.2, -0.15) is 0 Å². The van der Waals surface area contributed by atoms with Gasteiger partial charge in [-0.1, -0.05) is 18.2 Å². The highest BCUT2D eigenvalue weighted by Crippen LogP contribution is 2.25. The van der Waals surface area contributed by atoms with Crippen LogP contribution in [0.4, 0.5) is 4.39 Å². The highest BCUT2D eigenvalue weighted by molar-refractivity contribution is 5.76. The summed E-state index contributed by atoms with van der Waals surface area (Å²) in [6.07, 6.45) is 1.91. The van der Waals surface area contributed by atoms with Crippen LogP contribution in [-0.2, 0) is 11.2 Å². The van der Waals surface area contributed by atoms with E-state index in [1.165, 1.54) is 6.07 Å². The van der Waals surface area contributed by atoms with E-state index < -0.39 is 0 Å². The zero-order chi connectivity index (χ0) is 19.2. The molecular weight excluding hydrogens is 345 g/mol. The molecule has 1 aromatic carbocycles. The highest BCUT2D eigenvalue weighted by atomic mass is 19.1. The number of aryl methyl sites for hydroxylation is 1. The molecule has 150 valence electrons. The maximum absolute atomic E-state index is 13.8. The smallest absolute Gasteiger partial charge is 0.222 e. The summed E-state index contributed by atoms with van der Waals surface area (Å²) in [5.41, 5.74) is 0.592. The molecule has 0 aromatic heterocycles. The van der Waals surface area contributed by atoms with Gasteiger partial charge in [-0.25, -0.2) is 4.39 Å². The maximum Gasteiger partial charge on any atom is 0.222 e. The van der Waals surface area contributed by atoms with Crippen molar-refractivity contribution in [2.75, 3.05) is 59.5 Å². The number of nitrogens with zero attached hydrogens (tertiary/aromatic N) is 3. The highest BCUT2D eigenvalue weighted by Gasteiger charge is 2.35. The quantitative estimate of drug-likeness (QED) is 0.816. The second-order valence-corrected chi connectivity index (χ2v) is 8.05. The molecule has 5 nitrogen and oxygen atoms in total. The molecule has 0 aliphatic carbocycles. The molecule has 27 heavy (non-hydrogen) atoms. The number of likely N-dealkylation sites (tertiary alicyclic amines) is 1. The van der Waals surface area contributed by atoms with E-state index in [4.69, 9.17) is 0 Å². The number of aliphatic hydroxyl groups excluding tert-OH is 1. The van der Waals surface area contributed by atoms with E-state index >= 15 is 0 Å². The van der Waals surface area contributed by atoms with Gasteiger partial charge >= 0.3 is 0 Å². The molecule has 2 heterocycles. The van der Waals surface area contributed by atoms with Crippen molar-refractivity contribution < 1.29 is 14.3 Å². The number of carbonyl (C=O) groups is 1. The fourth-order valence-corrected chi connectivity index (χ4v) is 4.27. The molecule has 2 aliphatic heterocycles. The van der Waals surface area contributed by atoms with Crippen LogP contribution < -0.4 is 0 Å². The van der Waals surface area contributed by atoms with Crippen LogP contribution in [0, 0.1) is 17.7 Å². The second kappa shape index (κ2) is 9.62. The van der Waals surface area contributed by atoms with Gasteiger partial charge in [0.2, 0.25) is 5.91 Å². The minimum atomic E-state index is -0.246. The fourth-order valence-electron chi connectivity index (χ4n) is 4.27. The molecule has 0 unspecified atom stereocenters. The average Bonchev–Trinajstić information content (AvgIpc) is 2.96. The Balaban J connectivity index is 1.52. The van der Waals surface area contributed by atoms with E-state index in [0.29, 0.717) is 37.4 Å². The molecule has 3 rings (SSSR count). The van der Waals surface area contributed by atoms with Gasteiger partial charge in [0.05, 0.1) is 0 Å². The number of amides is 1. The van der Waals surface area contributed by atoms with Crippen molar-refractivity contribution in [1.82, 2.24) is 14.7 Å². The molecule has 2 fully saturated rings. The monoisotopic (exact) mass is 377 g/mol. The standard InChI is InChI=1S/C21H32FN3O2/c1-23-9-4-10-24(12-11-23)13-18-14-25(15-19(18)16-26)21(27)8-7-17-5-2-3-6-20(17)22/h2-3,5-6,18-19,26H,4,7-16H2,1H3/t18-,19-/m1/s1. The molecule has 1 aromatic rings. The number of halogens is 1. The Morgan fingerprint density at radius 1 is 1.15 bits per heavy atom. The number of likely N-dealkylation sites (N-methyl/N-ethyl adjacent to an activating group) is 1. The van der Waals surface area contributed by atoms with Gasteiger partial charge in [-0.05, 0) is 50.5 Å². The average molecular weight is 378 g/mol. The fraction of sp³-hybridized carbons (Fsp3) is 0.667. The zero-order valence-electron chi connectivity index (χ0n) is 16.3. The lowest BCUT2D eigenvalue weighted by molar-refractivity contribution is -0.130. The first-order chi connectivity index (χ1) is 13.1. The van der Waals surface area contributed by atoms with Gasteiger partial charge in [0.25, 0.3) is 0 Å². The summed E-state index contributed by atoms with van der Waals surface area (Å²) in [6, 6.07) is 6.64. The summed E-state index contributed by atoms with van der Waals surface area (Å²) >= 11 is 0. The van der Waals surface area contributed by atoms with Crippen molar-refractivity contribution in [1.29, 1.82) is 0 Å². The maximum atomic E-state index is 13.8. The van der Waals surface area contributed by atoms with Crippen molar-refractivity contribution in [3.05, 3.63) is 35.6 Å². The number of carbonyl (C=O) groups excluding carboxylic acids is 1. The first-order valence-corrected chi connectivity index (χ1v) is 10.1. The van der Waals surface area contributed by atoms with Crippen LogP contribution >= 0.6 is 0 Å². The summed E-state index contributed by atoms with van der Waals surface area (Å²) in [6.45, 7) is 6.71. The normalized spacial score (nSPS) is 24.9. The van der Waals surface area contributed by atoms with E-state index in [1.54, 1.807) is 18.2 Å². The first-order valence-electron chi connectivity index (χ1n) is 10.1. The molecule has 1 amide bonds. The van der Waals surface area contributed by atoms with Crippen LogP contribution in [0.5, 0.6) is 0 Å². The lowest BCUT2D eigenvalue weighted by Gasteiger charge is -2.26. The Hall–Kier alpha value is -1.50. The summed E-state index contributed by atoms with van der Waals surface area (Å²) in [5, 5.41) is 9.79. The van der Waals surface area contributed by atoms with Crippen LogP contribution in [0.15, 0.2) is 24.3 Å². The van der Waals surface area contributed by atoms with Gasteiger partial charge in [0.1, 0.15) is 5.82 Å². The molecule has 1 N–H and O–H groups in total. The Bertz CT molecular complexity index is 627. The molecule has 2 atom stereocenters. The van der Waals surface area contributed by atoms with E-state index in [2.05, 4.69) is 16.8 Å². The van der Waals surface area contributed by atoms with Crippen molar-refractivity contribution >= 4 is 5.91 Å². The molecule has 0 saturated carbocycles. The largest absolute Gasteiger partial charge is 0.396 e. The Morgan fingerprint density at radius 3 is 2.70 bits per heavy atom. The molecular formula is C21H32FN3O2. The molecule has 6 heteroatoms. The molecule has 2 aliphatic rings.